The average Bonchev–Trinajstić information content (AvgIpc) is 2.76. The second-order valence-corrected chi connectivity index (χ2v) is 4.12. The molecule has 1 amide bonds. The quantitative estimate of drug-likeness (QED) is 0.637. The van der Waals surface area contributed by atoms with E-state index in [1.54, 1.807) is 0 Å². The fourth-order valence-electron chi connectivity index (χ4n) is 1.10. The standard InChI is InChI=1S/C10H12N2O6/c1-10(2,9(14)15)11(3)8(13)6-4-5-7(18-6)12(16)17/h4-5H,1-3H3,(H,14,15). The number of hydrogen-bond acceptors (Lipinski definition) is 5. The highest BCUT2D eigenvalue weighted by molar-refractivity contribution is 5.95. The third-order valence-corrected chi connectivity index (χ3v) is 2.65. The zero-order chi connectivity index (χ0) is 14.1. The van der Waals surface area contributed by atoms with E-state index in [1.165, 1.54) is 20.9 Å². The second kappa shape index (κ2) is 4.47. The van der Waals surface area contributed by atoms with Crippen molar-refractivity contribution in [2.45, 2.75) is 19.4 Å². The highest BCUT2D eigenvalue weighted by atomic mass is 16.6. The molecule has 0 saturated carbocycles. The summed E-state index contributed by atoms with van der Waals surface area (Å²) in [5, 5.41) is 19.4. The number of aliphatic carboxylic acids is 1. The lowest BCUT2D eigenvalue weighted by Crippen LogP contribution is -2.50. The summed E-state index contributed by atoms with van der Waals surface area (Å²) in [6.07, 6.45) is 0. The van der Waals surface area contributed by atoms with Gasteiger partial charge in [-0.2, -0.15) is 0 Å². The van der Waals surface area contributed by atoms with Crippen molar-refractivity contribution >= 4 is 17.8 Å². The van der Waals surface area contributed by atoms with Crippen LogP contribution in [0.4, 0.5) is 5.88 Å². The van der Waals surface area contributed by atoms with Gasteiger partial charge in [0, 0.05) is 7.05 Å². The molecule has 0 fully saturated rings. The minimum atomic E-state index is -1.45. The van der Waals surface area contributed by atoms with E-state index in [1.807, 2.05) is 0 Å². The summed E-state index contributed by atoms with van der Waals surface area (Å²) in [6.45, 7) is 2.68. The molecule has 8 nitrogen and oxygen atoms in total. The van der Waals surface area contributed by atoms with Crippen LogP contribution < -0.4 is 0 Å². The van der Waals surface area contributed by atoms with Gasteiger partial charge in [-0.15, -0.1) is 0 Å². The van der Waals surface area contributed by atoms with Gasteiger partial charge < -0.3 is 14.4 Å². The molecule has 1 aromatic rings. The number of nitrogens with zero attached hydrogens (tertiary/aromatic N) is 2. The highest BCUT2D eigenvalue weighted by Gasteiger charge is 2.37. The Balaban J connectivity index is 3.00. The normalized spacial score (nSPS) is 11.1. The molecule has 8 heteroatoms. The van der Waals surface area contributed by atoms with E-state index >= 15 is 0 Å². The number of furan rings is 1. The summed E-state index contributed by atoms with van der Waals surface area (Å²) in [4.78, 5) is 33.4. The van der Waals surface area contributed by atoms with E-state index in [4.69, 9.17) is 9.52 Å². The third kappa shape index (κ3) is 2.31. The van der Waals surface area contributed by atoms with E-state index in [9.17, 15) is 19.7 Å². The zero-order valence-electron chi connectivity index (χ0n) is 10.0. The first-order valence-electron chi connectivity index (χ1n) is 4.93. The monoisotopic (exact) mass is 256 g/mol. The Hall–Kier alpha value is -2.38. The number of carboxylic acids is 1. The van der Waals surface area contributed by atoms with Gasteiger partial charge in [-0.25, -0.2) is 4.79 Å². The maximum Gasteiger partial charge on any atom is 0.433 e. The molecule has 0 aliphatic carbocycles. The lowest BCUT2D eigenvalue weighted by Gasteiger charge is -2.30. The fourth-order valence-corrected chi connectivity index (χ4v) is 1.10. The largest absolute Gasteiger partial charge is 0.480 e. The molecule has 0 aromatic carbocycles. The molecule has 18 heavy (non-hydrogen) atoms. The molecule has 1 rings (SSSR count). The van der Waals surface area contributed by atoms with Crippen LogP contribution in [0.2, 0.25) is 0 Å². The minimum Gasteiger partial charge on any atom is -0.480 e. The second-order valence-electron chi connectivity index (χ2n) is 4.12. The third-order valence-electron chi connectivity index (χ3n) is 2.65. The Morgan fingerprint density at radius 2 is 2.00 bits per heavy atom. The lowest BCUT2D eigenvalue weighted by atomic mass is 10.0. The molecule has 0 atom stereocenters. The van der Waals surface area contributed by atoms with Crippen LogP contribution in [-0.4, -0.2) is 39.4 Å². The predicted octanol–water partition coefficient (Wildman–Crippen LogP) is 1.12. The van der Waals surface area contributed by atoms with Gasteiger partial charge in [0.1, 0.15) is 10.5 Å². The molecule has 0 spiro atoms. The smallest absolute Gasteiger partial charge is 0.433 e. The van der Waals surface area contributed by atoms with Gasteiger partial charge in [-0.05, 0) is 19.9 Å². The Bertz CT molecular complexity index is 504. The van der Waals surface area contributed by atoms with Crippen molar-refractivity contribution in [3.8, 4) is 0 Å². The first kappa shape index (κ1) is 13.7. The predicted molar refractivity (Wildman–Crippen MR) is 59.2 cm³/mol. The lowest BCUT2D eigenvalue weighted by molar-refractivity contribution is -0.402. The number of carbonyl (C=O) groups excluding carboxylic acids is 1. The number of amides is 1. The van der Waals surface area contributed by atoms with Crippen LogP contribution in [0.5, 0.6) is 0 Å². The van der Waals surface area contributed by atoms with Gasteiger partial charge in [-0.3, -0.25) is 14.9 Å². The Kier molecular flexibility index (Phi) is 3.40. The molecule has 0 aliphatic heterocycles. The average molecular weight is 256 g/mol. The van der Waals surface area contributed by atoms with E-state index in [0.717, 1.165) is 17.0 Å². The molecule has 0 unspecified atom stereocenters. The Morgan fingerprint density at radius 1 is 1.44 bits per heavy atom. The van der Waals surface area contributed by atoms with E-state index in [-0.39, 0.29) is 5.76 Å². The topological polar surface area (TPSA) is 114 Å². The van der Waals surface area contributed by atoms with Gasteiger partial charge in [0.2, 0.25) is 0 Å². The molecule has 1 aromatic heterocycles. The molecular weight excluding hydrogens is 244 g/mol. The van der Waals surface area contributed by atoms with Crippen LogP contribution in [-0.2, 0) is 4.79 Å². The summed E-state index contributed by atoms with van der Waals surface area (Å²) in [7, 11) is 1.28. The number of carboxylic acid groups (broad SMARTS) is 1. The molecule has 98 valence electrons. The van der Waals surface area contributed by atoms with E-state index < -0.39 is 28.2 Å². The zero-order valence-corrected chi connectivity index (χ0v) is 10.0. The first-order chi connectivity index (χ1) is 8.17. The van der Waals surface area contributed by atoms with Crippen molar-refractivity contribution in [2.75, 3.05) is 7.05 Å². The number of nitro groups is 1. The van der Waals surface area contributed by atoms with Crippen LogP contribution >= 0.6 is 0 Å². The van der Waals surface area contributed by atoms with Crippen LogP contribution in [0.15, 0.2) is 16.5 Å². The molecule has 1 heterocycles. The molecule has 0 aliphatic rings. The number of hydrogen-bond donors (Lipinski definition) is 1. The van der Waals surface area contributed by atoms with Gasteiger partial charge in [0.15, 0.2) is 5.76 Å². The summed E-state index contributed by atoms with van der Waals surface area (Å²) in [5.41, 5.74) is -1.45. The van der Waals surface area contributed by atoms with Crippen molar-refractivity contribution in [2.24, 2.45) is 0 Å². The van der Waals surface area contributed by atoms with Gasteiger partial charge in [-0.1, -0.05) is 0 Å². The van der Waals surface area contributed by atoms with Crippen LogP contribution in [0.25, 0.3) is 0 Å². The SMILES string of the molecule is CN(C(=O)c1ccc([N+](=O)[O-])o1)C(C)(C)C(=O)O. The number of carbonyl (C=O) groups is 2. The molecule has 0 bridgehead atoms. The van der Waals surface area contributed by atoms with Crippen molar-refractivity contribution in [3.05, 3.63) is 28.0 Å². The Labute approximate surface area is 102 Å². The van der Waals surface area contributed by atoms with Gasteiger partial charge in [0.25, 0.3) is 5.91 Å². The van der Waals surface area contributed by atoms with Gasteiger partial charge in [0.05, 0.1) is 6.07 Å². The molecule has 0 radical (unpaired) electrons. The number of likely N-dealkylation sites (N-methyl/N-ethyl adjacent to an activating group) is 1. The Morgan fingerprint density at radius 3 is 2.39 bits per heavy atom. The van der Waals surface area contributed by atoms with Crippen molar-refractivity contribution in [1.82, 2.24) is 4.90 Å². The minimum absolute atomic E-state index is 0.279. The summed E-state index contributed by atoms with van der Waals surface area (Å²) >= 11 is 0. The number of rotatable bonds is 4. The van der Waals surface area contributed by atoms with Crippen molar-refractivity contribution in [3.63, 3.8) is 0 Å². The maximum absolute atomic E-state index is 11.9. The van der Waals surface area contributed by atoms with Crippen LogP contribution in [0, 0.1) is 10.1 Å². The summed E-state index contributed by atoms with van der Waals surface area (Å²) < 4.78 is 4.72. The van der Waals surface area contributed by atoms with E-state index in [0.29, 0.717) is 0 Å². The first-order valence-corrected chi connectivity index (χ1v) is 4.93. The van der Waals surface area contributed by atoms with Crippen molar-refractivity contribution in [1.29, 1.82) is 0 Å². The molecular formula is C10H12N2O6. The van der Waals surface area contributed by atoms with Gasteiger partial charge >= 0.3 is 11.9 Å². The van der Waals surface area contributed by atoms with Crippen LogP contribution in [0.1, 0.15) is 24.4 Å². The maximum atomic E-state index is 11.9. The summed E-state index contributed by atoms with van der Waals surface area (Å²) in [6, 6.07) is 2.17. The van der Waals surface area contributed by atoms with Crippen molar-refractivity contribution < 1.29 is 24.0 Å². The van der Waals surface area contributed by atoms with E-state index in [2.05, 4.69) is 0 Å². The molecule has 1 N–H and O–H groups in total. The molecule has 0 saturated heterocycles. The fraction of sp³-hybridized carbons (Fsp3) is 0.400. The highest BCUT2D eigenvalue weighted by Crippen LogP contribution is 2.20. The summed E-state index contributed by atoms with van der Waals surface area (Å²) in [5.74, 6) is -2.78. The van der Waals surface area contributed by atoms with Crippen LogP contribution in [0.3, 0.4) is 0 Å².